The molecule has 1 saturated heterocycles. The fraction of sp³-hybridized carbons (Fsp3) is 0.318. The van der Waals surface area contributed by atoms with Gasteiger partial charge in [0, 0.05) is 16.5 Å². The van der Waals surface area contributed by atoms with Gasteiger partial charge in [0.05, 0.1) is 6.04 Å². The van der Waals surface area contributed by atoms with Crippen molar-refractivity contribution in [1.29, 1.82) is 0 Å². The van der Waals surface area contributed by atoms with Crippen LogP contribution in [0.3, 0.4) is 0 Å². The van der Waals surface area contributed by atoms with Gasteiger partial charge in [0.25, 0.3) is 0 Å². The third kappa shape index (κ3) is 3.66. The van der Waals surface area contributed by atoms with Crippen LogP contribution >= 0.6 is 11.6 Å². The van der Waals surface area contributed by atoms with Crippen LogP contribution in [0.2, 0.25) is 5.02 Å². The van der Waals surface area contributed by atoms with Crippen LogP contribution in [0, 0.1) is 0 Å². The van der Waals surface area contributed by atoms with Gasteiger partial charge in [-0.25, -0.2) is 4.98 Å². The van der Waals surface area contributed by atoms with Gasteiger partial charge in [-0.2, -0.15) is 0 Å². The molecule has 5 rings (SSSR count). The lowest BCUT2D eigenvalue weighted by atomic mass is 9.96. The Morgan fingerprint density at radius 1 is 1.03 bits per heavy atom. The van der Waals surface area contributed by atoms with Crippen LogP contribution in [0.5, 0.6) is 0 Å². The number of benzene rings is 2. The molecule has 2 aromatic carbocycles. The normalized spacial score (nSPS) is 17.0. The Balaban J connectivity index is 1.26. The van der Waals surface area contributed by atoms with Crippen molar-refractivity contribution in [2.24, 2.45) is 0 Å². The van der Waals surface area contributed by atoms with E-state index in [4.69, 9.17) is 20.4 Å². The first-order chi connectivity index (χ1) is 14.2. The quantitative estimate of drug-likeness (QED) is 0.446. The third-order valence-electron chi connectivity index (χ3n) is 5.61. The summed E-state index contributed by atoms with van der Waals surface area (Å²) in [4.78, 5) is 7.04. The van der Waals surface area contributed by atoms with Gasteiger partial charge in [0.15, 0.2) is 11.5 Å². The number of hydrogen-bond acceptors (Lipinski definition) is 6. The van der Waals surface area contributed by atoms with Gasteiger partial charge < -0.3 is 8.83 Å². The number of piperidine rings is 1. The average Bonchev–Trinajstić information content (AvgIpc) is 3.41. The first kappa shape index (κ1) is 18.3. The third-order valence-corrected chi connectivity index (χ3v) is 5.84. The summed E-state index contributed by atoms with van der Waals surface area (Å²) in [5.41, 5.74) is 2.62. The van der Waals surface area contributed by atoms with Gasteiger partial charge in [-0.05, 0) is 63.2 Å². The minimum Gasteiger partial charge on any atom is -0.440 e. The number of oxazole rings is 1. The maximum Gasteiger partial charge on any atom is 0.247 e. The van der Waals surface area contributed by atoms with E-state index in [2.05, 4.69) is 27.0 Å². The predicted molar refractivity (Wildman–Crippen MR) is 111 cm³/mol. The Bertz CT molecular complexity index is 1100. The van der Waals surface area contributed by atoms with Crippen molar-refractivity contribution in [2.75, 3.05) is 13.1 Å². The first-order valence-electron chi connectivity index (χ1n) is 9.86. The van der Waals surface area contributed by atoms with Crippen LogP contribution in [-0.2, 0) is 0 Å². The minimum absolute atomic E-state index is 0.0556. The molecule has 29 heavy (non-hydrogen) atoms. The Labute approximate surface area is 173 Å². The van der Waals surface area contributed by atoms with Gasteiger partial charge in [0.2, 0.25) is 11.8 Å². The summed E-state index contributed by atoms with van der Waals surface area (Å²) >= 11 is 6.06. The van der Waals surface area contributed by atoms with Crippen LogP contribution in [0.4, 0.5) is 0 Å². The fourth-order valence-electron chi connectivity index (χ4n) is 3.90. The lowest BCUT2D eigenvalue weighted by Crippen LogP contribution is -2.35. The molecular formula is C22H21ClN4O2. The molecule has 0 aliphatic carbocycles. The Kier molecular flexibility index (Phi) is 4.81. The number of nitrogens with zero attached hydrogens (tertiary/aromatic N) is 4. The molecule has 0 radical (unpaired) electrons. The van der Waals surface area contributed by atoms with E-state index >= 15 is 0 Å². The fourth-order valence-corrected chi connectivity index (χ4v) is 4.09. The van der Waals surface area contributed by atoms with Gasteiger partial charge in [-0.1, -0.05) is 29.8 Å². The summed E-state index contributed by atoms with van der Waals surface area (Å²) in [6.07, 6.45) is 1.99. The molecule has 0 amide bonds. The van der Waals surface area contributed by atoms with E-state index in [0.29, 0.717) is 22.7 Å². The molecule has 7 heteroatoms. The van der Waals surface area contributed by atoms with E-state index in [1.54, 1.807) is 0 Å². The highest BCUT2D eigenvalue weighted by Gasteiger charge is 2.29. The molecule has 2 aromatic heterocycles. The zero-order valence-electron chi connectivity index (χ0n) is 16.1. The van der Waals surface area contributed by atoms with Crippen molar-refractivity contribution >= 4 is 22.7 Å². The van der Waals surface area contributed by atoms with Crippen molar-refractivity contribution in [3.05, 3.63) is 65.3 Å². The molecule has 3 heterocycles. The maximum atomic E-state index is 6.06. The molecule has 1 aliphatic rings. The molecule has 1 aliphatic heterocycles. The van der Waals surface area contributed by atoms with Crippen molar-refractivity contribution < 1.29 is 8.83 Å². The number of hydrogen-bond donors (Lipinski definition) is 0. The van der Waals surface area contributed by atoms with Crippen LogP contribution in [0.25, 0.3) is 22.6 Å². The largest absolute Gasteiger partial charge is 0.440 e. The van der Waals surface area contributed by atoms with Gasteiger partial charge >= 0.3 is 0 Å². The lowest BCUT2D eigenvalue weighted by molar-refractivity contribution is 0.137. The molecule has 4 aromatic rings. The van der Waals surface area contributed by atoms with Crippen LogP contribution in [-0.4, -0.2) is 33.2 Å². The van der Waals surface area contributed by atoms with Crippen LogP contribution < -0.4 is 0 Å². The standard InChI is InChI=1S/C22H21ClN4O2/c1-14(20-25-26-22(29-20)16-5-4-6-17(23)13-16)27-11-9-15(10-12-27)21-24-18-7-2-3-8-19(18)28-21/h2-8,13-15H,9-12H2,1H3. The van der Waals surface area contributed by atoms with Crippen molar-refractivity contribution in [3.8, 4) is 11.5 Å². The predicted octanol–water partition coefficient (Wildman–Crippen LogP) is 5.47. The summed E-state index contributed by atoms with van der Waals surface area (Å²) in [7, 11) is 0. The van der Waals surface area contributed by atoms with E-state index in [9.17, 15) is 0 Å². The van der Waals surface area contributed by atoms with E-state index < -0.39 is 0 Å². The molecule has 148 valence electrons. The molecule has 0 bridgehead atoms. The molecule has 0 saturated carbocycles. The summed E-state index contributed by atoms with van der Waals surface area (Å²) in [5.74, 6) is 2.31. The number of aromatic nitrogens is 3. The van der Waals surface area contributed by atoms with Gasteiger partial charge in [-0.15, -0.1) is 10.2 Å². The minimum atomic E-state index is 0.0556. The van der Waals surface area contributed by atoms with Gasteiger partial charge in [0.1, 0.15) is 5.52 Å². The molecule has 1 atom stereocenters. The highest BCUT2D eigenvalue weighted by molar-refractivity contribution is 6.30. The van der Waals surface area contributed by atoms with Crippen molar-refractivity contribution in [2.45, 2.75) is 31.7 Å². The molecule has 1 fully saturated rings. The topological polar surface area (TPSA) is 68.2 Å². The summed E-state index contributed by atoms with van der Waals surface area (Å²) in [6, 6.07) is 15.4. The van der Waals surface area contributed by atoms with Crippen LogP contribution in [0.1, 0.15) is 43.5 Å². The molecule has 0 N–H and O–H groups in total. The highest BCUT2D eigenvalue weighted by Crippen LogP contribution is 2.33. The molecule has 6 nitrogen and oxygen atoms in total. The number of rotatable bonds is 4. The first-order valence-corrected chi connectivity index (χ1v) is 10.2. The van der Waals surface area contributed by atoms with Gasteiger partial charge in [-0.3, -0.25) is 4.90 Å². The Morgan fingerprint density at radius 3 is 2.66 bits per heavy atom. The smallest absolute Gasteiger partial charge is 0.247 e. The second-order valence-corrected chi connectivity index (χ2v) is 7.90. The summed E-state index contributed by atoms with van der Waals surface area (Å²) in [6.45, 7) is 3.97. The summed E-state index contributed by atoms with van der Waals surface area (Å²) < 4.78 is 11.9. The summed E-state index contributed by atoms with van der Waals surface area (Å²) in [5, 5.41) is 9.12. The number of halogens is 1. The highest BCUT2D eigenvalue weighted by atomic mass is 35.5. The molecule has 1 unspecified atom stereocenters. The zero-order valence-corrected chi connectivity index (χ0v) is 16.8. The monoisotopic (exact) mass is 408 g/mol. The lowest BCUT2D eigenvalue weighted by Gasteiger charge is -2.33. The van der Waals surface area contributed by atoms with E-state index in [1.807, 2.05) is 48.5 Å². The molecule has 0 spiro atoms. The number of fused-ring (bicyclic) bond motifs is 1. The molecular weight excluding hydrogens is 388 g/mol. The Hall–Kier alpha value is -2.70. The number of likely N-dealkylation sites (tertiary alicyclic amines) is 1. The second-order valence-electron chi connectivity index (χ2n) is 7.46. The number of para-hydroxylation sites is 2. The average molecular weight is 409 g/mol. The van der Waals surface area contributed by atoms with E-state index in [0.717, 1.165) is 48.5 Å². The van der Waals surface area contributed by atoms with E-state index in [1.165, 1.54) is 0 Å². The van der Waals surface area contributed by atoms with Crippen molar-refractivity contribution in [3.63, 3.8) is 0 Å². The SMILES string of the molecule is CC(c1nnc(-c2cccc(Cl)c2)o1)N1CCC(c2nc3ccccc3o2)CC1. The zero-order chi connectivity index (χ0) is 19.8. The van der Waals surface area contributed by atoms with Crippen molar-refractivity contribution in [1.82, 2.24) is 20.1 Å². The maximum absolute atomic E-state index is 6.06. The second kappa shape index (κ2) is 7.61. The van der Waals surface area contributed by atoms with E-state index in [-0.39, 0.29) is 6.04 Å². The van der Waals surface area contributed by atoms with Crippen LogP contribution in [0.15, 0.2) is 57.4 Å². The Morgan fingerprint density at radius 2 is 1.86 bits per heavy atom.